The predicted octanol–water partition coefficient (Wildman–Crippen LogP) is 3.33. The molecule has 0 aliphatic heterocycles. The van der Waals surface area contributed by atoms with Gasteiger partial charge in [0.05, 0.1) is 23.8 Å². The summed E-state index contributed by atoms with van der Waals surface area (Å²) in [5.41, 5.74) is 1.23. The first-order valence-electron chi connectivity index (χ1n) is 6.63. The van der Waals surface area contributed by atoms with Crippen LogP contribution in [0.5, 0.6) is 0 Å². The van der Waals surface area contributed by atoms with Crippen LogP contribution in [0.2, 0.25) is 0 Å². The summed E-state index contributed by atoms with van der Waals surface area (Å²) in [4.78, 5) is 4.31. The molecule has 0 bridgehead atoms. The van der Waals surface area contributed by atoms with Crippen LogP contribution < -0.4 is 5.32 Å². The van der Waals surface area contributed by atoms with E-state index >= 15 is 0 Å². The molecule has 0 aliphatic rings. The molecule has 1 N–H and O–H groups in total. The second kappa shape index (κ2) is 5.67. The highest BCUT2D eigenvalue weighted by molar-refractivity contribution is 5.11. The zero-order chi connectivity index (χ0) is 13.1. The Morgan fingerprint density at radius 2 is 2.06 bits per heavy atom. The number of hydrogen-bond donors (Lipinski definition) is 1. The van der Waals surface area contributed by atoms with Crippen molar-refractivity contribution >= 4 is 0 Å². The Hall–Kier alpha value is -0.830. The number of aromatic nitrogens is 2. The third kappa shape index (κ3) is 3.32. The Morgan fingerprint density at radius 3 is 2.59 bits per heavy atom. The van der Waals surface area contributed by atoms with Crippen molar-refractivity contribution in [2.75, 3.05) is 7.05 Å². The third-order valence-electron chi connectivity index (χ3n) is 3.85. The van der Waals surface area contributed by atoms with Gasteiger partial charge in [0.2, 0.25) is 0 Å². The van der Waals surface area contributed by atoms with Crippen molar-refractivity contribution in [1.82, 2.24) is 14.9 Å². The van der Waals surface area contributed by atoms with Crippen LogP contribution >= 0.6 is 0 Å². The van der Waals surface area contributed by atoms with Crippen LogP contribution in [0.1, 0.15) is 59.2 Å². The maximum atomic E-state index is 4.31. The quantitative estimate of drug-likeness (QED) is 0.822. The molecule has 0 aliphatic carbocycles. The van der Waals surface area contributed by atoms with Crippen molar-refractivity contribution in [2.45, 2.75) is 59.0 Å². The Kier molecular flexibility index (Phi) is 4.75. The van der Waals surface area contributed by atoms with Gasteiger partial charge in [-0.25, -0.2) is 4.98 Å². The van der Waals surface area contributed by atoms with Crippen LogP contribution in [-0.4, -0.2) is 16.6 Å². The van der Waals surface area contributed by atoms with Crippen molar-refractivity contribution in [3.05, 3.63) is 18.2 Å². The number of nitrogens with one attached hydrogen (secondary N) is 1. The van der Waals surface area contributed by atoms with E-state index < -0.39 is 0 Å². The van der Waals surface area contributed by atoms with Crippen LogP contribution in [0.3, 0.4) is 0 Å². The lowest BCUT2D eigenvalue weighted by molar-refractivity contribution is 0.351. The lowest BCUT2D eigenvalue weighted by atomic mass is 9.97. The zero-order valence-corrected chi connectivity index (χ0v) is 12.1. The fourth-order valence-corrected chi connectivity index (χ4v) is 2.13. The molecule has 2 atom stereocenters. The molecule has 3 heteroatoms. The van der Waals surface area contributed by atoms with Crippen molar-refractivity contribution in [3.8, 4) is 0 Å². The molecular formula is C14H27N3. The van der Waals surface area contributed by atoms with E-state index in [1.165, 1.54) is 18.5 Å². The van der Waals surface area contributed by atoms with Gasteiger partial charge in [0, 0.05) is 6.04 Å². The van der Waals surface area contributed by atoms with Gasteiger partial charge in [-0.3, -0.25) is 0 Å². The van der Waals surface area contributed by atoms with Gasteiger partial charge in [-0.05, 0) is 40.2 Å². The first-order valence-corrected chi connectivity index (χ1v) is 6.63. The second-order valence-corrected chi connectivity index (χ2v) is 5.66. The minimum atomic E-state index is -0.0276. The summed E-state index contributed by atoms with van der Waals surface area (Å²) in [7, 11) is 2.00. The summed E-state index contributed by atoms with van der Waals surface area (Å²) in [5, 5.41) is 3.35. The monoisotopic (exact) mass is 237 g/mol. The smallest absolute Gasteiger partial charge is 0.0951 e. The zero-order valence-electron chi connectivity index (χ0n) is 12.1. The standard InChI is InChI=1S/C14H27N3/c1-7-11(2)8-12(3)17-10-16-9-13(17)14(4,5)15-6/h9-12,15H,7-8H2,1-6H3. The maximum Gasteiger partial charge on any atom is 0.0951 e. The average Bonchev–Trinajstić information content (AvgIpc) is 2.78. The summed E-state index contributed by atoms with van der Waals surface area (Å²) >= 11 is 0. The van der Waals surface area contributed by atoms with Gasteiger partial charge in [0.25, 0.3) is 0 Å². The Bertz CT molecular complexity index is 341. The second-order valence-electron chi connectivity index (χ2n) is 5.66. The highest BCUT2D eigenvalue weighted by atomic mass is 15.1. The van der Waals surface area contributed by atoms with E-state index in [0.717, 1.165) is 5.92 Å². The molecule has 0 fully saturated rings. The summed E-state index contributed by atoms with van der Waals surface area (Å²) in [6, 6.07) is 0.509. The summed E-state index contributed by atoms with van der Waals surface area (Å²) < 4.78 is 2.31. The number of rotatable bonds is 6. The highest BCUT2D eigenvalue weighted by Gasteiger charge is 2.24. The van der Waals surface area contributed by atoms with E-state index in [2.05, 4.69) is 49.5 Å². The molecule has 1 rings (SSSR count). The topological polar surface area (TPSA) is 29.9 Å². The van der Waals surface area contributed by atoms with E-state index in [9.17, 15) is 0 Å². The molecule has 98 valence electrons. The van der Waals surface area contributed by atoms with Crippen molar-refractivity contribution in [1.29, 1.82) is 0 Å². The molecule has 0 amide bonds. The molecule has 1 aromatic rings. The van der Waals surface area contributed by atoms with E-state index in [-0.39, 0.29) is 5.54 Å². The van der Waals surface area contributed by atoms with Gasteiger partial charge >= 0.3 is 0 Å². The molecule has 0 saturated carbocycles. The van der Waals surface area contributed by atoms with Crippen molar-refractivity contribution in [2.24, 2.45) is 5.92 Å². The van der Waals surface area contributed by atoms with Crippen molar-refractivity contribution in [3.63, 3.8) is 0 Å². The minimum absolute atomic E-state index is 0.0276. The normalized spacial score (nSPS) is 15.9. The average molecular weight is 237 g/mol. The first kappa shape index (κ1) is 14.2. The van der Waals surface area contributed by atoms with Gasteiger partial charge in [0.1, 0.15) is 0 Å². The Balaban J connectivity index is 2.88. The van der Waals surface area contributed by atoms with Crippen LogP contribution in [0, 0.1) is 5.92 Å². The fourth-order valence-electron chi connectivity index (χ4n) is 2.13. The van der Waals surface area contributed by atoms with Gasteiger partial charge < -0.3 is 9.88 Å². The van der Waals surface area contributed by atoms with Crippen molar-refractivity contribution < 1.29 is 0 Å². The van der Waals surface area contributed by atoms with Gasteiger partial charge in [-0.1, -0.05) is 20.3 Å². The lowest BCUT2D eigenvalue weighted by Crippen LogP contribution is -2.36. The maximum absolute atomic E-state index is 4.31. The number of imidazole rings is 1. The molecule has 17 heavy (non-hydrogen) atoms. The van der Waals surface area contributed by atoms with Gasteiger partial charge in [0.15, 0.2) is 0 Å². The largest absolute Gasteiger partial charge is 0.330 e. The minimum Gasteiger partial charge on any atom is -0.330 e. The van der Waals surface area contributed by atoms with Crippen LogP contribution in [0.25, 0.3) is 0 Å². The summed E-state index contributed by atoms with van der Waals surface area (Å²) in [6.07, 6.45) is 6.38. The molecule has 1 heterocycles. The molecule has 0 radical (unpaired) electrons. The van der Waals surface area contributed by atoms with Gasteiger partial charge in [-0.15, -0.1) is 0 Å². The predicted molar refractivity (Wildman–Crippen MR) is 73.1 cm³/mol. The molecule has 2 unspecified atom stereocenters. The van der Waals surface area contributed by atoms with Crippen LogP contribution in [0.15, 0.2) is 12.5 Å². The molecule has 0 saturated heterocycles. The van der Waals surface area contributed by atoms with E-state index in [1.807, 2.05) is 19.6 Å². The van der Waals surface area contributed by atoms with Crippen LogP contribution in [-0.2, 0) is 5.54 Å². The number of hydrogen-bond acceptors (Lipinski definition) is 2. The van der Waals surface area contributed by atoms with E-state index in [4.69, 9.17) is 0 Å². The Labute approximate surface area is 106 Å². The summed E-state index contributed by atoms with van der Waals surface area (Å²) in [5.74, 6) is 0.762. The molecule has 0 spiro atoms. The molecule has 0 aromatic carbocycles. The lowest BCUT2D eigenvalue weighted by Gasteiger charge is -2.28. The van der Waals surface area contributed by atoms with E-state index in [0.29, 0.717) is 6.04 Å². The fraction of sp³-hybridized carbons (Fsp3) is 0.786. The molecular weight excluding hydrogens is 210 g/mol. The van der Waals surface area contributed by atoms with E-state index in [1.54, 1.807) is 0 Å². The highest BCUT2D eigenvalue weighted by Crippen LogP contribution is 2.26. The number of nitrogens with zero attached hydrogens (tertiary/aromatic N) is 2. The summed E-state index contributed by atoms with van der Waals surface area (Å²) in [6.45, 7) is 11.2. The SMILES string of the molecule is CCC(C)CC(C)n1cncc1C(C)(C)NC. The molecule has 1 aromatic heterocycles. The third-order valence-corrected chi connectivity index (χ3v) is 3.85. The Morgan fingerprint density at radius 1 is 1.41 bits per heavy atom. The van der Waals surface area contributed by atoms with Gasteiger partial charge in [-0.2, -0.15) is 0 Å². The molecule has 3 nitrogen and oxygen atoms in total. The van der Waals surface area contributed by atoms with Crippen LogP contribution in [0.4, 0.5) is 0 Å². The first-order chi connectivity index (χ1) is 7.92.